The molecule has 2 aromatic carbocycles. The van der Waals surface area contributed by atoms with E-state index in [2.05, 4.69) is 4.98 Å². The zero-order valence-electron chi connectivity index (χ0n) is 22.1. The molecular formula is C29H36F3N3O2. The summed E-state index contributed by atoms with van der Waals surface area (Å²) in [7, 11) is 0. The van der Waals surface area contributed by atoms with E-state index in [1.807, 2.05) is 51.1 Å². The maximum Gasteiger partial charge on any atom is 0.229 e. The molecule has 1 amide bonds. The average molecular weight is 516 g/mol. The molecule has 1 aromatic heterocycles. The lowest BCUT2D eigenvalue weighted by molar-refractivity contribution is -0.140. The summed E-state index contributed by atoms with van der Waals surface area (Å²) in [6.45, 7) is 9.02. The van der Waals surface area contributed by atoms with Gasteiger partial charge in [0, 0.05) is 24.9 Å². The first kappa shape index (κ1) is 28.4. The van der Waals surface area contributed by atoms with Crippen molar-refractivity contribution < 1.29 is 22.4 Å². The van der Waals surface area contributed by atoms with Gasteiger partial charge in [-0.3, -0.25) is 4.79 Å². The Morgan fingerprint density at radius 2 is 1.78 bits per heavy atom. The summed E-state index contributed by atoms with van der Waals surface area (Å²) < 4.78 is 48.1. The summed E-state index contributed by atoms with van der Waals surface area (Å²) in [5.41, 5.74) is 6.61. The maximum atomic E-state index is 14.7. The van der Waals surface area contributed by atoms with E-state index in [0.717, 1.165) is 23.8 Å². The molecule has 1 heterocycles. The summed E-state index contributed by atoms with van der Waals surface area (Å²) in [5.74, 6) is -1.39. The van der Waals surface area contributed by atoms with E-state index >= 15 is 0 Å². The van der Waals surface area contributed by atoms with Crippen molar-refractivity contribution in [2.75, 3.05) is 13.2 Å². The van der Waals surface area contributed by atoms with Crippen LogP contribution in [0.2, 0.25) is 0 Å². The molecule has 200 valence electrons. The van der Waals surface area contributed by atoms with Crippen molar-refractivity contribution in [1.29, 1.82) is 0 Å². The minimum absolute atomic E-state index is 0.0652. The number of rotatable bonds is 10. The molecule has 0 radical (unpaired) electrons. The van der Waals surface area contributed by atoms with Crippen LogP contribution in [0.1, 0.15) is 64.1 Å². The average Bonchev–Trinajstić information content (AvgIpc) is 3.24. The monoisotopic (exact) mass is 515 g/mol. The van der Waals surface area contributed by atoms with Gasteiger partial charge in [-0.2, -0.15) is 0 Å². The molecule has 3 rings (SSSR count). The van der Waals surface area contributed by atoms with Crippen LogP contribution in [-0.2, 0) is 11.2 Å². The van der Waals surface area contributed by atoms with Crippen molar-refractivity contribution in [1.82, 2.24) is 9.88 Å². The number of alkyl halides is 1. The Bertz CT molecular complexity index is 1190. The van der Waals surface area contributed by atoms with Crippen LogP contribution in [0.15, 0.2) is 52.9 Å². The van der Waals surface area contributed by atoms with Crippen LogP contribution in [0, 0.1) is 23.0 Å². The summed E-state index contributed by atoms with van der Waals surface area (Å²) in [5, 5.41) is 0. The van der Waals surface area contributed by atoms with Crippen LogP contribution in [-0.4, -0.2) is 35.1 Å². The molecule has 2 atom stereocenters. The molecule has 0 unspecified atom stereocenters. The van der Waals surface area contributed by atoms with Crippen LogP contribution >= 0.6 is 0 Å². The van der Waals surface area contributed by atoms with E-state index in [9.17, 15) is 18.0 Å². The SMILES string of the molecule is CC(C)C(=O)N(CC[C@H](N)CF)[C@H](c1nc(-c2cc(F)ccc2F)oc1Cc1ccccc1)C(C)(C)C. The van der Waals surface area contributed by atoms with E-state index in [1.165, 1.54) is 0 Å². The number of hydrogen-bond donors (Lipinski definition) is 1. The molecule has 0 aliphatic rings. The molecule has 8 heteroatoms. The van der Waals surface area contributed by atoms with Crippen LogP contribution in [0.4, 0.5) is 13.2 Å². The second kappa shape index (κ2) is 11.9. The molecule has 0 saturated heterocycles. The second-order valence-corrected chi connectivity index (χ2v) is 10.8. The number of amides is 1. The Hall–Kier alpha value is -3.13. The highest BCUT2D eigenvalue weighted by Gasteiger charge is 2.40. The van der Waals surface area contributed by atoms with E-state index in [0.29, 0.717) is 17.9 Å². The third kappa shape index (κ3) is 7.01. The van der Waals surface area contributed by atoms with Gasteiger partial charge in [-0.05, 0) is 35.6 Å². The van der Waals surface area contributed by atoms with Crippen molar-refractivity contribution in [2.24, 2.45) is 17.1 Å². The molecule has 2 N–H and O–H groups in total. The van der Waals surface area contributed by atoms with Crippen molar-refractivity contribution in [3.05, 3.63) is 77.2 Å². The summed E-state index contributed by atoms with van der Waals surface area (Å²) in [4.78, 5) is 19.8. The molecule has 37 heavy (non-hydrogen) atoms. The molecular weight excluding hydrogens is 479 g/mol. The van der Waals surface area contributed by atoms with Gasteiger partial charge in [0.05, 0.1) is 11.6 Å². The highest BCUT2D eigenvalue weighted by Crippen LogP contribution is 2.42. The van der Waals surface area contributed by atoms with Crippen molar-refractivity contribution >= 4 is 5.91 Å². The fourth-order valence-corrected chi connectivity index (χ4v) is 4.37. The number of nitrogens with two attached hydrogens (primary N) is 1. The van der Waals surface area contributed by atoms with E-state index < -0.39 is 35.8 Å². The highest BCUT2D eigenvalue weighted by atomic mass is 19.1. The fraction of sp³-hybridized carbons (Fsp3) is 0.448. The number of carbonyl (C=O) groups is 1. The second-order valence-electron chi connectivity index (χ2n) is 10.8. The van der Waals surface area contributed by atoms with Gasteiger partial charge < -0.3 is 15.1 Å². The number of halogens is 3. The zero-order chi connectivity index (χ0) is 27.3. The molecule has 0 fully saturated rings. The largest absolute Gasteiger partial charge is 0.440 e. The molecule has 0 saturated carbocycles. The smallest absolute Gasteiger partial charge is 0.229 e. The minimum atomic E-state index is -0.707. The third-order valence-electron chi connectivity index (χ3n) is 6.20. The maximum absolute atomic E-state index is 14.7. The predicted molar refractivity (Wildman–Crippen MR) is 138 cm³/mol. The standard InChI is InChI=1S/C29H36F3N3O2/c1-18(2)28(36)35(14-13-21(33)17-30)26(29(3,4)5)25-24(15-19-9-7-6-8-10-19)37-27(34-25)22-16-20(31)11-12-23(22)32/h6-12,16,18,21,26H,13-15,17,33H2,1-5H3/t21-,26+/m0/s1. The zero-order valence-corrected chi connectivity index (χ0v) is 22.1. The lowest BCUT2D eigenvalue weighted by Crippen LogP contribution is -2.45. The first-order valence-corrected chi connectivity index (χ1v) is 12.5. The van der Waals surface area contributed by atoms with Gasteiger partial charge in [0.1, 0.15) is 29.8 Å². The number of hydrogen-bond acceptors (Lipinski definition) is 4. The van der Waals surface area contributed by atoms with Crippen molar-refractivity contribution in [3.8, 4) is 11.5 Å². The number of aromatic nitrogens is 1. The fourth-order valence-electron chi connectivity index (χ4n) is 4.37. The summed E-state index contributed by atoms with van der Waals surface area (Å²) in [6, 6.07) is 11.3. The molecule has 0 aliphatic carbocycles. The van der Waals surface area contributed by atoms with Crippen LogP contribution in [0.3, 0.4) is 0 Å². The topological polar surface area (TPSA) is 72.4 Å². The van der Waals surface area contributed by atoms with Gasteiger partial charge in [-0.15, -0.1) is 0 Å². The lowest BCUT2D eigenvalue weighted by atomic mass is 9.81. The van der Waals surface area contributed by atoms with Gasteiger partial charge in [-0.25, -0.2) is 18.2 Å². The lowest BCUT2D eigenvalue weighted by Gasteiger charge is -2.40. The quantitative estimate of drug-likeness (QED) is 0.336. The van der Waals surface area contributed by atoms with Gasteiger partial charge >= 0.3 is 0 Å². The molecule has 0 aliphatic heterocycles. The first-order valence-electron chi connectivity index (χ1n) is 12.5. The van der Waals surface area contributed by atoms with E-state index in [-0.39, 0.29) is 36.2 Å². The normalized spacial score (nSPS) is 13.6. The molecule has 5 nitrogen and oxygen atoms in total. The van der Waals surface area contributed by atoms with Crippen LogP contribution in [0.5, 0.6) is 0 Å². The number of benzene rings is 2. The molecule has 3 aromatic rings. The Balaban J connectivity index is 2.21. The Labute approximate surface area is 216 Å². The van der Waals surface area contributed by atoms with E-state index in [1.54, 1.807) is 18.7 Å². The van der Waals surface area contributed by atoms with Crippen LogP contribution in [0.25, 0.3) is 11.5 Å². The molecule has 0 bridgehead atoms. The third-order valence-corrected chi connectivity index (χ3v) is 6.20. The van der Waals surface area contributed by atoms with Gasteiger partial charge in [0.15, 0.2) is 0 Å². The molecule has 0 spiro atoms. The number of carbonyl (C=O) groups excluding carboxylic acids is 1. The van der Waals surface area contributed by atoms with Gasteiger partial charge in [-0.1, -0.05) is 65.0 Å². The Morgan fingerprint density at radius 1 is 1.11 bits per heavy atom. The Kier molecular flexibility index (Phi) is 9.18. The number of nitrogens with zero attached hydrogens (tertiary/aromatic N) is 2. The minimum Gasteiger partial charge on any atom is -0.440 e. The van der Waals surface area contributed by atoms with E-state index in [4.69, 9.17) is 10.2 Å². The van der Waals surface area contributed by atoms with Gasteiger partial charge in [0.25, 0.3) is 0 Å². The summed E-state index contributed by atoms with van der Waals surface area (Å²) >= 11 is 0. The highest BCUT2D eigenvalue weighted by molar-refractivity contribution is 5.78. The summed E-state index contributed by atoms with van der Waals surface area (Å²) in [6.07, 6.45) is 0.596. The predicted octanol–water partition coefficient (Wildman–Crippen LogP) is 6.47. The number of oxazole rings is 1. The first-order chi connectivity index (χ1) is 17.4. The van der Waals surface area contributed by atoms with Crippen molar-refractivity contribution in [2.45, 2.75) is 59.5 Å². The van der Waals surface area contributed by atoms with Crippen LogP contribution < -0.4 is 5.73 Å². The Morgan fingerprint density at radius 3 is 2.38 bits per heavy atom. The van der Waals surface area contributed by atoms with Gasteiger partial charge in [0.2, 0.25) is 11.8 Å². The van der Waals surface area contributed by atoms with Crippen molar-refractivity contribution in [3.63, 3.8) is 0 Å².